The number of hydrogen-bond donors (Lipinski definition) is 1. The molecule has 2 fully saturated rings. The van der Waals surface area contributed by atoms with Crippen molar-refractivity contribution in [2.45, 2.75) is 51.5 Å². The van der Waals surface area contributed by atoms with Crippen molar-refractivity contribution < 1.29 is 0 Å². The molecule has 0 aromatic heterocycles. The van der Waals surface area contributed by atoms with Crippen molar-refractivity contribution in [3.63, 3.8) is 0 Å². The van der Waals surface area contributed by atoms with Crippen molar-refractivity contribution in [1.29, 1.82) is 0 Å². The van der Waals surface area contributed by atoms with E-state index in [2.05, 4.69) is 43.2 Å². The smallest absolute Gasteiger partial charge is 0.0223 e. The minimum atomic E-state index is 0.529. The Labute approximate surface area is 126 Å². The Kier molecular flexibility index (Phi) is 5.88. The second-order valence-corrected chi connectivity index (χ2v) is 7.76. The summed E-state index contributed by atoms with van der Waals surface area (Å²) in [5.41, 5.74) is 0.529. The third-order valence-electron chi connectivity index (χ3n) is 5.35. The van der Waals surface area contributed by atoms with E-state index in [1.165, 1.54) is 64.7 Å². The highest BCUT2D eigenvalue weighted by Crippen LogP contribution is 2.40. The Morgan fingerprint density at radius 1 is 1.25 bits per heavy atom. The lowest BCUT2D eigenvalue weighted by molar-refractivity contribution is 0.0696. The van der Waals surface area contributed by atoms with Gasteiger partial charge in [-0.05, 0) is 64.7 Å². The summed E-state index contributed by atoms with van der Waals surface area (Å²) in [6, 6.07) is 0.788. The molecule has 0 spiro atoms. The first-order chi connectivity index (χ1) is 9.54. The van der Waals surface area contributed by atoms with Crippen molar-refractivity contribution in [3.8, 4) is 0 Å². The van der Waals surface area contributed by atoms with Crippen molar-refractivity contribution >= 4 is 0 Å². The lowest BCUT2D eigenvalue weighted by atomic mass is 9.69. The molecule has 1 saturated heterocycles. The van der Waals surface area contributed by atoms with Crippen molar-refractivity contribution in [2.24, 2.45) is 11.3 Å². The topological polar surface area (TPSA) is 18.5 Å². The van der Waals surface area contributed by atoms with E-state index >= 15 is 0 Å². The Bertz CT molecular complexity index is 288. The highest BCUT2D eigenvalue weighted by molar-refractivity contribution is 4.93. The van der Waals surface area contributed by atoms with Gasteiger partial charge in [-0.3, -0.25) is 4.90 Å². The Balaban J connectivity index is 1.99. The van der Waals surface area contributed by atoms with Crippen LogP contribution in [0.15, 0.2) is 0 Å². The van der Waals surface area contributed by atoms with Crippen LogP contribution in [0.4, 0.5) is 0 Å². The zero-order valence-corrected chi connectivity index (χ0v) is 14.1. The van der Waals surface area contributed by atoms with Crippen LogP contribution in [0.5, 0.6) is 0 Å². The number of hydrogen-bond acceptors (Lipinski definition) is 3. The standard InChI is InChI=1S/C17H35N3/c1-15-7-5-9-17(11-15,13-18-2)14-20-10-6-8-16(20)12-19(3)4/h15-16,18H,5-14H2,1-4H3. The molecule has 3 heteroatoms. The van der Waals surface area contributed by atoms with E-state index in [-0.39, 0.29) is 0 Å². The molecule has 1 heterocycles. The van der Waals surface area contributed by atoms with E-state index in [1.807, 2.05) is 0 Å². The molecule has 2 aliphatic rings. The maximum absolute atomic E-state index is 3.49. The predicted octanol–water partition coefficient (Wildman–Crippen LogP) is 2.43. The highest BCUT2D eigenvalue weighted by atomic mass is 15.2. The summed E-state index contributed by atoms with van der Waals surface area (Å²) in [5, 5.41) is 3.49. The molecule has 1 saturated carbocycles. The third-order valence-corrected chi connectivity index (χ3v) is 5.35. The molecule has 3 unspecified atom stereocenters. The van der Waals surface area contributed by atoms with Crippen LogP contribution in [0.1, 0.15) is 45.4 Å². The first kappa shape index (κ1) is 16.3. The number of rotatable bonds is 6. The second-order valence-electron chi connectivity index (χ2n) is 7.76. The number of nitrogens with zero attached hydrogens (tertiary/aromatic N) is 2. The molecule has 2 rings (SSSR count). The number of likely N-dealkylation sites (tertiary alicyclic amines) is 1. The Hall–Kier alpha value is -0.120. The van der Waals surface area contributed by atoms with Crippen molar-refractivity contribution in [3.05, 3.63) is 0 Å². The van der Waals surface area contributed by atoms with Gasteiger partial charge in [0.25, 0.3) is 0 Å². The molecule has 0 aromatic carbocycles. The van der Waals surface area contributed by atoms with Crippen LogP contribution >= 0.6 is 0 Å². The molecular weight excluding hydrogens is 246 g/mol. The van der Waals surface area contributed by atoms with Gasteiger partial charge >= 0.3 is 0 Å². The van der Waals surface area contributed by atoms with Crippen LogP contribution in [0.3, 0.4) is 0 Å². The van der Waals surface area contributed by atoms with Gasteiger partial charge in [-0.2, -0.15) is 0 Å². The SMILES string of the molecule is CNCC1(CN2CCCC2CN(C)C)CCCC(C)C1. The lowest BCUT2D eigenvalue weighted by Gasteiger charge is -2.44. The van der Waals surface area contributed by atoms with Crippen molar-refractivity contribution in [2.75, 3.05) is 47.3 Å². The molecular formula is C17H35N3. The molecule has 3 atom stereocenters. The van der Waals surface area contributed by atoms with Gasteiger partial charge in [0.15, 0.2) is 0 Å². The Morgan fingerprint density at radius 2 is 2.05 bits per heavy atom. The molecule has 0 radical (unpaired) electrons. The van der Waals surface area contributed by atoms with Crippen molar-refractivity contribution in [1.82, 2.24) is 15.1 Å². The largest absolute Gasteiger partial charge is 0.319 e. The van der Waals surface area contributed by atoms with Crippen LogP contribution in [-0.4, -0.2) is 63.2 Å². The summed E-state index contributed by atoms with van der Waals surface area (Å²) in [6.07, 6.45) is 8.48. The first-order valence-electron chi connectivity index (χ1n) is 8.58. The minimum Gasteiger partial charge on any atom is -0.319 e. The van der Waals surface area contributed by atoms with Gasteiger partial charge in [-0.25, -0.2) is 0 Å². The second kappa shape index (κ2) is 7.24. The maximum Gasteiger partial charge on any atom is 0.0223 e. The van der Waals surface area contributed by atoms with Crippen LogP contribution in [-0.2, 0) is 0 Å². The molecule has 20 heavy (non-hydrogen) atoms. The summed E-state index contributed by atoms with van der Waals surface area (Å²) < 4.78 is 0. The van der Waals surface area contributed by atoms with Crippen LogP contribution in [0.25, 0.3) is 0 Å². The number of likely N-dealkylation sites (N-methyl/N-ethyl adjacent to an activating group) is 1. The molecule has 0 bridgehead atoms. The van der Waals surface area contributed by atoms with Gasteiger partial charge in [-0.15, -0.1) is 0 Å². The van der Waals surface area contributed by atoms with E-state index in [0.29, 0.717) is 5.41 Å². The fourth-order valence-corrected chi connectivity index (χ4v) is 4.67. The molecule has 0 aromatic rings. The fourth-order valence-electron chi connectivity index (χ4n) is 4.67. The van der Waals surface area contributed by atoms with E-state index in [9.17, 15) is 0 Å². The molecule has 1 aliphatic heterocycles. The summed E-state index contributed by atoms with van der Waals surface area (Å²) in [7, 11) is 6.55. The van der Waals surface area contributed by atoms with E-state index in [4.69, 9.17) is 0 Å². The fraction of sp³-hybridized carbons (Fsp3) is 1.00. The average Bonchev–Trinajstić information content (AvgIpc) is 2.75. The van der Waals surface area contributed by atoms with Gasteiger partial charge in [0.1, 0.15) is 0 Å². The zero-order valence-electron chi connectivity index (χ0n) is 14.1. The van der Waals surface area contributed by atoms with Crippen LogP contribution < -0.4 is 5.32 Å². The Morgan fingerprint density at radius 3 is 2.70 bits per heavy atom. The highest BCUT2D eigenvalue weighted by Gasteiger charge is 2.38. The van der Waals surface area contributed by atoms with Gasteiger partial charge in [0.2, 0.25) is 0 Å². The van der Waals surface area contributed by atoms with Gasteiger partial charge in [0.05, 0.1) is 0 Å². The molecule has 3 nitrogen and oxygen atoms in total. The van der Waals surface area contributed by atoms with Crippen LogP contribution in [0, 0.1) is 11.3 Å². The number of nitrogens with one attached hydrogen (secondary N) is 1. The summed E-state index contributed by atoms with van der Waals surface area (Å²) in [6.45, 7) is 7.51. The monoisotopic (exact) mass is 281 g/mol. The van der Waals surface area contributed by atoms with Gasteiger partial charge < -0.3 is 10.2 Å². The van der Waals surface area contributed by atoms with Gasteiger partial charge in [0, 0.05) is 25.7 Å². The maximum atomic E-state index is 3.49. The van der Waals surface area contributed by atoms with E-state index < -0.39 is 0 Å². The predicted molar refractivity (Wildman–Crippen MR) is 87.1 cm³/mol. The summed E-state index contributed by atoms with van der Waals surface area (Å²) in [4.78, 5) is 5.16. The molecule has 0 amide bonds. The average molecular weight is 281 g/mol. The normalized spacial score (nSPS) is 35.9. The summed E-state index contributed by atoms with van der Waals surface area (Å²) in [5.74, 6) is 0.909. The van der Waals surface area contributed by atoms with E-state index in [0.717, 1.165) is 12.0 Å². The van der Waals surface area contributed by atoms with E-state index in [1.54, 1.807) is 0 Å². The summed E-state index contributed by atoms with van der Waals surface area (Å²) >= 11 is 0. The minimum absolute atomic E-state index is 0.529. The third kappa shape index (κ3) is 4.19. The molecule has 1 N–H and O–H groups in total. The quantitative estimate of drug-likeness (QED) is 0.807. The first-order valence-corrected chi connectivity index (χ1v) is 8.58. The van der Waals surface area contributed by atoms with Gasteiger partial charge in [-0.1, -0.05) is 19.8 Å². The lowest BCUT2D eigenvalue weighted by Crippen LogP contribution is -2.49. The molecule has 1 aliphatic carbocycles. The zero-order chi connectivity index (χ0) is 14.6. The molecule has 118 valence electrons. The van der Waals surface area contributed by atoms with Crippen LogP contribution in [0.2, 0.25) is 0 Å².